The van der Waals surface area contributed by atoms with Crippen molar-refractivity contribution in [2.75, 3.05) is 5.43 Å². The summed E-state index contributed by atoms with van der Waals surface area (Å²) in [6.07, 6.45) is 4.96. The van der Waals surface area contributed by atoms with E-state index in [0.717, 1.165) is 16.9 Å². The highest BCUT2D eigenvalue weighted by Crippen LogP contribution is 2.07. The lowest BCUT2D eigenvalue weighted by atomic mass is 10.2. The van der Waals surface area contributed by atoms with Crippen LogP contribution in [0.5, 0.6) is 0 Å². The number of rotatable bonds is 4. The van der Waals surface area contributed by atoms with Crippen LogP contribution in [0, 0.1) is 0 Å². The normalized spacial score (nSPS) is 10.8. The lowest BCUT2D eigenvalue weighted by Crippen LogP contribution is -1.95. The summed E-state index contributed by atoms with van der Waals surface area (Å²) in [6.45, 7) is 0. The van der Waals surface area contributed by atoms with Crippen LogP contribution in [0.3, 0.4) is 0 Å². The van der Waals surface area contributed by atoms with E-state index >= 15 is 0 Å². The van der Waals surface area contributed by atoms with Crippen LogP contribution in [0.2, 0.25) is 0 Å². The van der Waals surface area contributed by atoms with Gasteiger partial charge in [0, 0.05) is 0 Å². The molecule has 3 aromatic rings. The van der Waals surface area contributed by atoms with E-state index < -0.39 is 0 Å². The van der Waals surface area contributed by atoms with Crippen LogP contribution in [-0.2, 0) is 0 Å². The molecule has 2 aromatic carbocycles. The largest absolute Gasteiger partial charge is 0.279 e. The Balaban J connectivity index is 1.66. The van der Waals surface area contributed by atoms with Crippen LogP contribution in [0.25, 0.3) is 5.69 Å². The fourth-order valence-corrected chi connectivity index (χ4v) is 1.75. The molecular weight excluding hydrogens is 250 g/mol. The lowest BCUT2D eigenvalue weighted by molar-refractivity contribution is 0.879. The van der Waals surface area contributed by atoms with Gasteiger partial charge in [0.2, 0.25) is 0 Å². The summed E-state index contributed by atoms with van der Waals surface area (Å²) in [5, 5.41) is 8.27. The minimum atomic E-state index is 0.961. The van der Waals surface area contributed by atoms with E-state index in [0.29, 0.717) is 0 Å². The van der Waals surface area contributed by atoms with Gasteiger partial charge in [0.15, 0.2) is 0 Å². The number of benzene rings is 2. The Hall–Kier alpha value is -2.95. The van der Waals surface area contributed by atoms with Crippen LogP contribution in [-0.4, -0.2) is 21.0 Å². The quantitative estimate of drug-likeness (QED) is 0.581. The number of aromatic nitrogens is 3. The van der Waals surface area contributed by atoms with Crippen LogP contribution in [0.1, 0.15) is 5.56 Å². The maximum atomic E-state index is 4.19. The number of hydrogen-bond acceptors (Lipinski definition) is 4. The molecule has 0 bridgehead atoms. The second-order valence-electron chi connectivity index (χ2n) is 4.17. The summed E-state index contributed by atoms with van der Waals surface area (Å²) in [6, 6.07) is 17.7. The number of hydrogen-bond donors (Lipinski definition) is 1. The van der Waals surface area contributed by atoms with Crippen molar-refractivity contribution in [3.8, 4) is 5.69 Å². The smallest absolute Gasteiger partial charge is 0.138 e. The van der Waals surface area contributed by atoms with Gasteiger partial charge in [0.1, 0.15) is 12.7 Å². The highest BCUT2D eigenvalue weighted by atomic mass is 15.3. The second kappa shape index (κ2) is 5.79. The van der Waals surface area contributed by atoms with Crippen molar-refractivity contribution in [1.29, 1.82) is 0 Å². The summed E-state index contributed by atoms with van der Waals surface area (Å²) in [5.41, 5.74) is 5.92. The highest BCUT2D eigenvalue weighted by molar-refractivity contribution is 5.80. The predicted molar refractivity (Wildman–Crippen MR) is 79.0 cm³/mol. The Labute approximate surface area is 116 Å². The van der Waals surface area contributed by atoms with Crippen molar-refractivity contribution >= 4 is 11.9 Å². The van der Waals surface area contributed by atoms with E-state index in [9.17, 15) is 0 Å². The Bertz CT molecular complexity index is 672. The van der Waals surface area contributed by atoms with Gasteiger partial charge in [-0.1, -0.05) is 30.3 Å². The topological polar surface area (TPSA) is 55.1 Å². The number of anilines is 1. The Kier molecular flexibility index (Phi) is 3.51. The average Bonchev–Trinajstić information content (AvgIpc) is 3.03. The summed E-state index contributed by atoms with van der Waals surface area (Å²) in [4.78, 5) is 3.92. The molecule has 0 radical (unpaired) electrons. The average molecular weight is 263 g/mol. The van der Waals surface area contributed by atoms with Crippen molar-refractivity contribution in [3.63, 3.8) is 0 Å². The van der Waals surface area contributed by atoms with E-state index in [1.165, 1.54) is 6.33 Å². The van der Waals surface area contributed by atoms with Crippen LogP contribution < -0.4 is 5.43 Å². The summed E-state index contributed by atoms with van der Waals surface area (Å²) in [7, 11) is 0. The first-order valence-electron chi connectivity index (χ1n) is 6.21. The monoisotopic (exact) mass is 263 g/mol. The van der Waals surface area contributed by atoms with E-state index in [1.807, 2.05) is 54.6 Å². The molecule has 0 atom stereocenters. The second-order valence-corrected chi connectivity index (χ2v) is 4.17. The SMILES string of the molecule is C(=NNc1ccccc1)c1ccc(-n2cncn2)cc1. The number of nitrogens with zero attached hydrogens (tertiary/aromatic N) is 4. The van der Waals surface area contributed by atoms with Gasteiger partial charge < -0.3 is 0 Å². The minimum Gasteiger partial charge on any atom is -0.279 e. The van der Waals surface area contributed by atoms with E-state index in [1.54, 1.807) is 17.2 Å². The summed E-state index contributed by atoms with van der Waals surface area (Å²) in [5.74, 6) is 0. The van der Waals surface area contributed by atoms with Gasteiger partial charge >= 0.3 is 0 Å². The fourth-order valence-electron chi connectivity index (χ4n) is 1.75. The molecule has 98 valence electrons. The van der Waals surface area contributed by atoms with Gasteiger partial charge in [0.25, 0.3) is 0 Å². The first kappa shape index (κ1) is 12.1. The molecular formula is C15H13N5. The molecule has 5 heteroatoms. The Morgan fingerprint density at radius 2 is 1.80 bits per heavy atom. The van der Waals surface area contributed by atoms with Gasteiger partial charge in [-0.05, 0) is 29.8 Å². The summed E-state index contributed by atoms with van der Waals surface area (Å²) < 4.78 is 1.71. The molecule has 0 amide bonds. The van der Waals surface area contributed by atoms with Crippen LogP contribution >= 0.6 is 0 Å². The lowest BCUT2D eigenvalue weighted by Gasteiger charge is -2.01. The zero-order valence-corrected chi connectivity index (χ0v) is 10.7. The van der Waals surface area contributed by atoms with Crippen molar-refractivity contribution in [3.05, 3.63) is 72.8 Å². The van der Waals surface area contributed by atoms with Crippen molar-refractivity contribution in [1.82, 2.24) is 14.8 Å². The Morgan fingerprint density at radius 3 is 2.50 bits per heavy atom. The first-order valence-corrected chi connectivity index (χ1v) is 6.21. The van der Waals surface area contributed by atoms with Gasteiger partial charge in [-0.3, -0.25) is 5.43 Å². The predicted octanol–water partition coefficient (Wildman–Crippen LogP) is 2.71. The molecule has 0 spiro atoms. The molecule has 0 fully saturated rings. The van der Waals surface area contributed by atoms with E-state index in [-0.39, 0.29) is 0 Å². The molecule has 0 aliphatic carbocycles. The Morgan fingerprint density at radius 1 is 1.00 bits per heavy atom. The van der Waals surface area contributed by atoms with Crippen molar-refractivity contribution < 1.29 is 0 Å². The number of hydrazone groups is 1. The van der Waals surface area contributed by atoms with E-state index in [2.05, 4.69) is 20.6 Å². The van der Waals surface area contributed by atoms with Gasteiger partial charge in [-0.25, -0.2) is 9.67 Å². The molecule has 20 heavy (non-hydrogen) atoms. The summed E-state index contributed by atoms with van der Waals surface area (Å²) >= 11 is 0. The molecule has 0 unspecified atom stereocenters. The van der Waals surface area contributed by atoms with Crippen molar-refractivity contribution in [2.24, 2.45) is 5.10 Å². The molecule has 3 rings (SSSR count). The number of para-hydroxylation sites is 1. The maximum absolute atomic E-state index is 4.19. The molecule has 0 saturated heterocycles. The first-order chi connectivity index (χ1) is 9.92. The van der Waals surface area contributed by atoms with Gasteiger partial charge in [-0.2, -0.15) is 10.2 Å². The molecule has 0 aliphatic rings. The van der Waals surface area contributed by atoms with Crippen molar-refractivity contribution in [2.45, 2.75) is 0 Å². The number of nitrogens with one attached hydrogen (secondary N) is 1. The van der Waals surface area contributed by atoms with Crippen LogP contribution in [0.4, 0.5) is 5.69 Å². The minimum absolute atomic E-state index is 0.961. The molecule has 5 nitrogen and oxygen atoms in total. The molecule has 1 aromatic heterocycles. The zero-order valence-electron chi connectivity index (χ0n) is 10.7. The third-order valence-corrected chi connectivity index (χ3v) is 2.76. The standard InChI is InChI=1S/C15H13N5/c1-2-4-14(5-3-1)19-17-10-13-6-8-15(9-7-13)20-12-16-11-18-20/h1-12,19H. The van der Waals surface area contributed by atoms with Gasteiger partial charge in [-0.15, -0.1) is 0 Å². The van der Waals surface area contributed by atoms with Crippen LogP contribution in [0.15, 0.2) is 72.4 Å². The fraction of sp³-hybridized carbons (Fsp3) is 0. The molecule has 1 N–H and O–H groups in total. The molecule has 0 saturated carbocycles. The zero-order chi connectivity index (χ0) is 13.6. The third kappa shape index (κ3) is 2.89. The molecule has 0 aliphatic heterocycles. The highest BCUT2D eigenvalue weighted by Gasteiger charge is 1.95. The van der Waals surface area contributed by atoms with Gasteiger partial charge in [0.05, 0.1) is 17.6 Å². The maximum Gasteiger partial charge on any atom is 0.138 e. The van der Waals surface area contributed by atoms with E-state index in [4.69, 9.17) is 0 Å². The third-order valence-electron chi connectivity index (χ3n) is 2.76. The molecule has 1 heterocycles.